The quantitative estimate of drug-likeness (QED) is 0.725. The van der Waals surface area contributed by atoms with E-state index in [0.717, 1.165) is 35.0 Å². The second-order valence-corrected chi connectivity index (χ2v) is 5.98. The number of carbonyl (C=O) groups is 1. The first-order chi connectivity index (χ1) is 8.08. The Morgan fingerprint density at radius 2 is 2.29 bits per heavy atom. The van der Waals surface area contributed by atoms with Crippen molar-refractivity contribution in [3.8, 4) is 0 Å². The zero-order valence-corrected chi connectivity index (χ0v) is 12.1. The van der Waals surface area contributed by atoms with Gasteiger partial charge in [-0.05, 0) is 37.5 Å². The van der Waals surface area contributed by atoms with Crippen LogP contribution in [-0.2, 0) is 0 Å². The van der Waals surface area contributed by atoms with Crippen molar-refractivity contribution in [2.24, 2.45) is 0 Å². The number of hydrogen-bond donors (Lipinski definition) is 0. The zero-order chi connectivity index (χ0) is 12.4. The first kappa shape index (κ1) is 12.9. The van der Waals surface area contributed by atoms with Gasteiger partial charge in [0.25, 0.3) is 5.91 Å². The molecular weight excluding hydrogens is 302 g/mol. The maximum absolute atomic E-state index is 12.4. The Hall–Kier alpha value is -0.540. The second-order valence-electron chi connectivity index (χ2n) is 4.45. The van der Waals surface area contributed by atoms with Gasteiger partial charge in [-0.3, -0.25) is 4.79 Å². The lowest BCUT2D eigenvalue weighted by Crippen LogP contribution is -2.40. The number of nitrogens with zero attached hydrogens (tertiary/aromatic N) is 1. The van der Waals surface area contributed by atoms with Crippen LogP contribution in [0.25, 0.3) is 0 Å². The summed E-state index contributed by atoms with van der Waals surface area (Å²) in [5.74, 6) is 0.0918. The van der Waals surface area contributed by atoms with Gasteiger partial charge in [-0.15, -0.1) is 11.6 Å². The summed E-state index contributed by atoms with van der Waals surface area (Å²) < 4.78 is 0.936. The van der Waals surface area contributed by atoms with Gasteiger partial charge in [0.15, 0.2) is 0 Å². The van der Waals surface area contributed by atoms with E-state index in [4.69, 9.17) is 11.6 Å². The Morgan fingerprint density at radius 1 is 1.53 bits per heavy atom. The molecule has 0 radical (unpaired) electrons. The molecule has 2 rings (SSSR count). The predicted octanol–water partition coefficient (Wildman–Crippen LogP) is 3.60. The molecule has 2 nitrogen and oxygen atoms in total. The van der Waals surface area contributed by atoms with Crippen LogP contribution in [0.1, 0.15) is 28.8 Å². The third-order valence-electron chi connectivity index (χ3n) is 3.08. The van der Waals surface area contributed by atoms with Crippen LogP contribution in [0.15, 0.2) is 22.7 Å². The average molecular weight is 317 g/mol. The minimum atomic E-state index is 0.0918. The van der Waals surface area contributed by atoms with Crippen LogP contribution in [-0.4, -0.2) is 29.3 Å². The normalized spacial score (nSPS) is 20.4. The summed E-state index contributed by atoms with van der Waals surface area (Å²) in [7, 11) is 0. The van der Waals surface area contributed by atoms with Crippen molar-refractivity contribution >= 4 is 33.4 Å². The Morgan fingerprint density at radius 3 is 3.00 bits per heavy atom. The van der Waals surface area contributed by atoms with Gasteiger partial charge in [0.1, 0.15) is 0 Å². The molecule has 0 bridgehead atoms. The highest BCUT2D eigenvalue weighted by Crippen LogP contribution is 2.21. The van der Waals surface area contributed by atoms with Crippen LogP contribution >= 0.6 is 27.5 Å². The van der Waals surface area contributed by atoms with Crippen molar-refractivity contribution in [2.75, 3.05) is 13.1 Å². The molecule has 1 aromatic carbocycles. The molecule has 1 aliphatic rings. The Kier molecular flexibility index (Phi) is 4.10. The molecule has 1 aromatic rings. The number of benzene rings is 1. The van der Waals surface area contributed by atoms with Gasteiger partial charge in [-0.1, -0.05) is 22.0 Å². The standard InChI is InChI=1S/C13H15BrClNO/c1-9-4-5-10(14)7-12(9)13(17)16-6-2-3-11(15)8-16/h4-5,7,11H,2-3,6,8H2,1H3. The van der Waals surface area contributed by atoms with E-state index < -0.39 is 0 Å². The van der Waals surface area contributed by atoms with E-state index in [0.29, 0.717) is 6.54 Å². The van der Waals surface area contributed by atoms with Crippen LogP contribution in [0.3, 0.4) is 0 Å². The number of alkyl halides is 1. The molecule has 1 atom stereocenters. The molecule has 1 unspecified atom stereocenters. The molecule has 1 amide bonds. The van der Waals surface area contributed by atoms with Crippen molar-refractivity contribution in [1.29, 1.82) is 0 Å². The zero-order valence-electron chi connectivity index (χ0n) is 9.75. The number of piperidine rings is 1. The molecule has 4 heteroatoms. The summed E-state index contributed by atoms with van der Waals surface area (Å²) in [6.07, 6.45) is 2.00. The van der Waals surface area contributed by atoms with E-state index in [9.17, 15) is 4.79 Å². The fraction of sp³-hybridized carbons (Fsp3) is 0.462. The fourth-order valence-corrected chi connectivity index (χ4v) is 2.79. The molecule has 0 spiro atoms. The summed E-state index contributed by atoms with van der Waals surface area (Å²) in [6.45, 7) is 3.43. The molecule has 1 aliphatic heterocycles. The predicted molar refractivity (Wildman–Crippen MR) is 73.7 cm³/mol. The first-order valence-corrected chi connectivity index (χ1v) is 7.00. The lowest BCUT2D eigenvalue weighted by molar-refractivity contribution is 0.0726. The number of amides is 1. The van der Waals surface area contributed by atoms with Gasteiger partial charge in [0.05, 0.1) is 5.38 Å². The number of aryl methyl sites for hydroxylation is 1. The molecule has 92 valence electrons. The van der Waals surface area contributed by atoms with Gasteiger partial charge in [0, 0.05) is 23.1 Å². The molecule has 1 saturated heterocycles. The van der Waals surface area contributed by atoms with Gasteiger partial charge in [0.2, 0.25) is 0 Å². The van der Waals surface area contributed by atoms with Crippen molar-refractivity contribution in [1.82, 2.24) is 4.90 Å². The monoisotopic (exact) mass is 315 g/mol. The van der Waals surface area contributed by atoms with E-state index in [1.54, 1.807) is 0 Å². The van der Waals surface area contributed by atoms with Crippen molar-refractivity contribution in [3.63, 3.8) is 0 Å². The molecule has 0 saturated carbocycles. The van der Waals surface area contributed by atoms with Crippen LogP contribution in [0.4, 0.5) is 0 Å². The molecule has 1 fully saturated rings. The van der Waals surface area contributed by atoms with Crippen molar-refractivity contribution < 1.29 is 4.79 Å². The van der Waals surface area contributed by atoms with Crippen molar-refractivity contribution in [3.05, 3.63) is 33.8 Å². The van der Waals surface area contributed by atoms with Crippen molar-refractivity contribution in [2.45, 2.75) is 25.1 Å². The second kappa shape index (κ2) is 5.40. The molecular formula is C13H15BrClNO. The maximum Gasteiger partial charge on any atom is 0.254 e. The highest BCUT2D eigenvalue weighted by molar-refractivity contribution is 9.10. The number of carbonyl (C=O) groups excluding carboxylic acids is 1. The third-order valence-corrected chi connectivity index (χ3v) is 3.93. The lowest BCUT2D eigenvalue weighted by Gasteiger charge is -2.30. The summed E-state index contributed by atoms with van der Waals surface area (Å²) in [4.78, 5) is 14.2. The fourth-order valence-electron chi connectivity index (χ4n) is 2.10. The minimum Gasteiger partial charge on any atom is -0.337 e. The molecule has 0 aliphatic carbocycles. The van der Waals surface area contributed by atoms with E-state index >= 15 is 0 Å². The van der Waals surface area contributed by atoms with Gasteiger partial charge in [-0.2, -0.15) is 0 Å². The molecule has 1 heterocycles. The highest BCUT2D eigenvalue weighted by Gasteiger charge is 2.24. The van der Waals surface area contributed by atoms with Gasteiger partial charge in [-0.25, -0.2) is 0 Å². The summed E-state index contributed by atoms with van der Waals surface area (Å²) in [5, 5.41) is 0.0974. The summed E-state index contributed by atoms with van der Waals surface area (Å²) in [6, 6.07) is 5.79. The highest BCUT2D eigenvalue weighted by atomic mass is 79.9. The number of likely N-dealkylation sites (tertiary alicyclic amines) is 1. The summed E-state index contributed by atoms with van der Waals surface area (Å²) in [5.41, 5.74) is 1.78. The van der Waals surface area contributed by atoms with Gasteiger partial charge < -0.3 is 4.90 Å². The van der Waals surface area contributed by atoms with E-state index in [1.807, 2.05) is 30.0 Å². The first-order valence-electron chi connectivity index (χ1n) is 5.77. The molecule has 0 N–H and O–H groups in total. The smallest absolute Gasteiger partial charge is 0.254 e. The lowest BCUT2D eigenvalue weighted by atomic mass is 10.1. The summed E-state index contributed by atoms with van der Waals surface area (Å²) >= 11 is 9.51. The Bertz CT molecular complexity index is 435. The molecule has 17 heavy (non-hydrogen) atoms. The van der Waals surface area contributed by atoms with Crippen LogP contribution < -0.4 is 0 Å². The number of rotatable bonds is 1. The maximum atomic E-state index is 12.4. The van der Waals surface area contributed by atoms with E-state index in [-0.39, 0.29) is 11.3 Å². The number of hydrogen-bond acceptors (Lipinski definition) is 1. The topological polar surface area (TPSA) is 20.3 Å². The van der Waals surface area contributed by atoms with E-state index in [2.05, 4.69) is 15.9 Å². The molecule has 0 aromatic heterocycles. The SMILES string of the molecule is Cc1ccc(Br)cc1C(=O)N1CCCC(Cl)C1. The van der Waals surface area contributed by atoms with Crippen LogP contribution in [0.5, 0.6) is 0 Å². The Labute approximate surface area is 115 Å². The largest absolute Gasteiger partial charge is 0.337 e. The third kappa shape index (κ3) is 3.02. The van der Waals surface area contributed by atoms with Crippen LogP contribution in [0, 0.1) is 6.92 Å². The number of halogens is 2. The van der Waals surface area contributed by atoms with E-state index in [1.165, 1.54) is 0 Å². The Balaban J connectivity index is 2.21. The van der Waals surface area contributed by atoms with Gasteiger partial charge >= 0.3 is 0 Å². The average Bonchev–Trinajstić information content (AvgIpc) is 2.31. The van der Waals surface area contributed by atoms with Crippen LogP contribution in [0.2, 0.25) is 0 Å². The minimum absolute atomic E-state index is 0.0918.